The lowest BCUT2D eigenvalue weighted by atomic mass is 10.1. The zero-order valence-electron chi connectivity index (χ0n) is 33.8. The normalized spacial score (nSPS) is 12.8. The first-order chi connectivity index (χ1) is 25.5. The van der Waals surface area contributed by atoms with Gasteiger partial charge >= 0.3 is 0 Å². The number of para-hydroxylation sites is 4. The van der Waals surface area contributed by atoms with Crippen LogP contribution in [0.5, 0.6) is 23.0 Å². The number of phenolic OH excluding ortho intramolecular Hbond substituents is 2. The maximum absolute atomic E-state index is 9.94. The maximum atomic E-state index is 9.94. The molecule has 0 spiro atoms. The molecule has 4 aromatic carbocycles. The molecule has 0 saturated carbocycles. The van der Waals surface area contributed by atoms with Gasteiger partial charge in [0.05, 0.1) is 13.3 Å². The molecule has 2 heterocycles. The van der Waals surface area contributed by atoms with Crippen LogP contribution in [-0.4, -0.2) is 69.7 Å². The summed E-state index contributed by atoms with van der Waals surface area (Å²) in [7, 11) is 0. The molecule has 6 rings (SSSR count). The largest absolute Gasteiger partial charge is 0.508 e. The zero-order valence-corrected chi connectivity index (χ0v) is 33.8. The Labute approximate surface area is 316 Å². The van der Waals surface area contributed by atoms with Crippen molar-refractivity contribution in [3.05, 3.63) is 119 Å². The fourth-order valence-electron chi connectivity index (χ4n) is 5.49. The highest BCUT2D eigenvalue weighted by Gasteiger charge is 2.22. The van der Waals surface area contributed by atoms with Gasteiger partial charge in [-0.3, -0.25) is 19.6 Å². The molecule has 0 atom stereocenters. The van der Waals surface area contributed by atoms with E-state index in [0.717, 1.165) is 62.1 Å². The van der Waals surface area contributed by atoms with Gasteiger partial charge < -0.3 is 19.7 Å². The van der Waals surface area contributed by atoms with Crippen LogP contribution in [0.25, 0.3) is 0 Å². The highest BCUT2D eigenvalue weighted by molar-refractivity contribution is 5.36. The molecule has 0 aliphatic carbocycles. The van der Waals surface area contributed by atoms with Gasteiger partial charge in [0.2, 0.25) is 0 Å². The molecule has 2 aliphatic rings. The molecule has 288 valence electrons. The third-order valence-corrected chi connectivity index (χ3v) is 8.00. The molecule has 0 unspecified atom stereocenters. The van der Waals surface area contributed by atoms with Gasteiger partial charge in [-0.15, -0.1) is 0 Å². The molecule has 52 heavy (non-hydrogen) atoms. The number of fused-ring (bicyclic) bond motifs is 2. The predicted molar refractivity (Wildman–Crippen MR) is 218 cm³/mol. The van der Waals surface area contributed by atoms with E-state index >= 15 is 0 Å². The highest BCUT2D eigenvalue weighted by Crippen LogP contribution is 2.27. The van der Waals surface area contributed by atoms with Crippen molar-refractivity contribution in [1.29, 1.82) is 0 Å². The molecule has 0 aromatic heterocycles. The Morgan fingerprint density at radius 2 is 0.865 bits per heavy atom. The molecule has 8 heteroatoms. The quantitative estimate of drug-likeness (QED) is 0.157. The fraction of sp³-hybridized carbons (Fsp3) is 0.455. The summed E-state index contributed by atoms with van der Waals surface area (Å²) in [4.78, 5) is 9.14. The Bertz CT molecular complexity index is 1380. The van der Waals surface area contributed by atoms with Crippen LogP contribution >= 0.6 is 0 Å². The van der Waals surface area contributed by atoms with Gasteiger partial charge in [-0.05, 0) is 37.4 Å². The van der Waals surface area contributed by atoms with Crippen LogP contribution in [0, 0.1) is 0 Å². The van der Waals surface area contributed by atoms with Crippen molar-refractivity contribution in [2.24, 2.45) is 0 Å². The average molecular weight is 717 g/mol. The molecule has 0 bridgehead atoms. The minimum Gasteiger partial charge on any atom is -0.508 e. The smallest absolute Gasteiger partial charge is 0.143 e. The Hall–Kier alpha value is -4.08. The minimum absolute atomic E-state index is 0.342. The summed E-state index contributed by atoms with van der Waals surface area (Å²) in [5.41, 5.74) is 4.38. The van der Waals surface area contributed by atoms with E-state index in [1.165, 1.54) is 11.1 Å². The minimum atomic E-state index is 0.342. The first-order valence-electron chi connectivity index (χ1n) is 19.4. The summed E-state index contributed by atoms with van der Waals surface area (Å²) >= 11 is 0. The van der Waals surface area contributed by atoms with Crippen LogP contribution < -0.4 is 9.47 Å². The van der Waals surface area contributed by atoms with Crippen molar-refractivity contribution in [1.82, 2.24) is 19.6 Å². The zero-order chi connectivity index (χ0) is 38.7. The lowest BCUT2D eigenvalue weighted by Gasteiger charge is -2.35. The van der Waals surface area contributed by atoms with E-state index in [4.69, 9.17) is 9.47 Å². The monoisotopic (exact) mass is 717 g/mol. The van der Waals surface area contributed by atoms with Gasteiger partial charge in [-0.25, -0.2) is 0 Å². The number of aromatic hydroxyl groups is 2. The third kappa shape index (κ3) is 15.3. The number of benzene rings is 4. The van der Waals surface area contributed by atoms with Gasteiger partial charge in [-0.1, -0.05) is 142 Å². The predicted octanol–water partition coefficient (Wildman–Crippen LogP) is 10.2. The van der Waals surface area contributed by atoms with Gasteiger partial charge in [0, 0.05) is 48.4 Å². The highest BCUT2D eigenvalue weighted by atomic mass is 16.5. The number of rotatable bonds is 10. The average Bonchev–Trinajstić information content (AvgIpc) is 3.22. The summed E-state index contributed by atoms with van der Waals surface area (Å²) in [6.45, 7) is 28.2. The van der Waals surface area contributed by atoms with E-state index in [0.29, 0.717) is 38.1 Å². The summed E-state index contributed by atoms with van der Waals surface area (Å²) in [6.07, 6.45) is 0. The molecule has 0 amide bonds. The number of ether oxygens (including phenoxy) is 2. The van der Waals surface area contributed by atoms with Crippen molar-refractivity contribution in [3.8, 4) is 23.0 Å². The van der Waals surface area contributed by atoms with Crippen LogP contribution in [0.3, 0.4) is 0 Å². The number of phenols is 2. The molecule has 4 aromatic rings. The lowest BCUT2D eigenvalue weighted by Crippen LogP contribution is -2.43. The topological polar surface area (TPSA) is 71.9 Å². The van der Waals surface area contributed by atoms with Gasteiger partial charge in [0.1, 0.15) is 36.5 Å². The molecule has 0 saturated heterocycles. The third-order valence-electron chi connectivity index (χ3n) is 8.00. The van der Waals surface area contributed by atoms with Crippen molar-refractivity contribution >= 4 is 0 Å². The summed E-state index contributed by atoms with van der Waals surface area (Å²) in [6, 6.07) is 31.4. The molecule has 0 fully saturated rings. The summed E-state index contributed by atoms with van der Waals surface area (Å²) in [5, 5.41) is 19.9. The van der Waals surface area contributed by atoms with Crippen molar-refractivity contribution < 1.29 is 19.7 Å². The first kappa shape index (κ1) is 45.9. The fourth-order valence-corrected chi connectivity index (χ4v) is 5.49. The van der Waals surface area contributed by atoms with Crippen molar-refractivity contribution in [3.63, 3.8) is 0 Å². The van der Waals surface area contributed by atoms with Crippen LogP contribution in [0.4, 0.5) is 0 Å². The second-order valence-electron chi connectivity index (χ2n) is 11.3. The number of hydrogen-bond donors (Lipinski definition) is 2. The van der Waals surface area contributed by atoms with Crippen molar-refractivity contribution in [2.45, 2.75) is 95.4 Å². The Balaban J connectivity index is 0.000000437. The van der Waals surface area contributed by atoms with E-state index in [1.807, 2.05) is 116 Å². The van der Waals surface area contributed by atoms with E-state index < -0.39 is 0 Å². The lowest BCUT2D eigenvalue weighted by molar-refractivity contribution is -0.00341. The Morgan fingerprint density at radius 3 is 1.23 bits per heavy atom. The van der Waals surface area contributed by atoms with E-state index in [-0.39, 0.29) is 0 Å². The first-order valence-corrected chi connectivity index (χ1v) is 19.4. The molecule has 0 radical (unpaired) electrons. The Kier molecular flexibility index (Phi) is 24.3. The standard InChI is InChI=1S/C19H26N2O2.C17H18N2O2.4C2H6/c1-3-20(13-16-9-5-7-11-18(16)22)15-21(4-2)14-17-10-6-8-12-19(17)23;1-3-7-16-14(5-1)9-18(12-20-16)11-19-10-15-6-2-4-8-17(15)21-13-19;4*1-2/h5-12,22-23H,3-4,13-15H2,1-2H3;1-8H,9-13H2;4*1-2H3. The molecule has 8 nitrogen and oxygen atoms in total. The second-order valence-corrected chi connectivity index (χ2v) is 11.3. The van der Waals surface area contributed by atoms with Crippen LogP contribution in [0.2, 0.25) is 0 Å². The summed E-state index contributed by atoms with van der Waals surface area (Å²) in [5.74, 6) is 2.70. The number of hydrogen-bond acceptors (Lipinski definition) is 8. The maximum Gasteiger partial charge on any atom is 0.143 e. The van der Waals surface area contributed by atoms with E-state index in [2.05, 4.69) is 57.7 Å². The summed E-state index contributed by atoms with van der Waals surface area (Å²) < 4.78 is 11.6. The van der Waals surface area contributed by atoms with Gasteiger partial charge in [-0.2, -0.15) is 0 Å². The second kappa shape index (κ2) is 27.6. The van der Waals surface area contributed by atoms with E-state index in [1.54, 1.807) is 12.1 Å². The SMILES string of the molecule is CC.CC.CC.CC.CCN(Cc1ccccc1O)CN(CC)Cc1ccccc1O.c1ccc2c(c1)CN(CN1COc3ccccc3C1)CO2. The van der Waals surface area contributed by atoms with Crippen LogP contribution in [0.15, 0.2) is 97.1 Å². The van der Waals surface area contributed by atoms with E-state index in [9.17, 15) is 10.2 Å². The molecule has 2 aliphatic heterocycles. The van der Waals surface area contributed by atoms with Crippen LogP contribution in [-0.2, 0) is 26.2 Å². The van der Waals surface area contributed by atoms with Gasteiger partial charge in [0.25, 0.3) is 0 Å². The molecule has 2 N–H and O–H groups in total. The van der Waals surface area contributed by atoms with Crippen LogP contribution in [0.1, 0.15) is 91.5 Å². The van der Waals surface area contributed by atoms with Crippen molar-refractivity contribution in [2.75, 3.05) is 39.9 Å². The Morgan fingerprint density at radius 1 is 0.519 bits per heavy atom. The van der Waals surface area contributed by atoms with Gasteiger partial charge in [0.15, 0.2) is 0 Å². The molecular weight excluding hydrogens is 649 g/mol. The number of nitrogens with zero attached hydrogens (tertiary/aromatic N) is 4. The molecular formula is C44H68N4O4.